The zero-order chi connectivity index (χ0) is 22.8. The van der Waals surface area contributed by atoms with Gasteiger partial charge < -0.3 is 10.1 Å². The van der Waals surface area contributed by atoms with E-state index < -0.39 is 14.9 Å². The molecule has 0 radical (unpaired) electrons. The number of hydrogen-bond acceptors (Lipinski definition) is 6. The van der Waals surface area contributed by atoms with Crippen LogP contribution in [0.4, 0.5) is 11.4 Å². The molecule has 10 heteroatoms. The Bertz CT molecular complexity index is 1110. The van der Waals surface area contributed by atoms with E-state index in [1.165, 1.54) is 29.6 Å². The highest BCUT2D eigenvalue weighted by atomic mass is 32.2. The number of nitrogens with one attached hydrogen (secondary N) is 1. The number of anilines is 1. The maximum absolute atomic E-state index is 13.0. The molecule has 0 aliphatic carbocycles. The second kappa shape index (κ2) is 9.03. The number of hydrogen-bond donors (Lipinski definition) is 1. The van der Waals surface area contributed by atoms with Gasteiger partial charge in [0, 0.05) is 25.1 Å². The Morgan fingerprint density at radius 2 is 1.87 bits per heavy atom. The predicted octanol–water partition coefficient (Wildman–Crippen LogP) is 3.26. The van der Waals surface area contributed by atoms with Crippen LogP contribution in [0.25, 0.3) is 0 Å². The number of carbonyl (C=O) groups is 1. The minimum atomic E-state index is -3.67. The van der Waals surface area contributed by atoms with Crippen LogP contribution in [0.2, 0.25) is 0 Å². The predicted molar refractivity (Wildman–Crippen MR) is 116 cm³/mol. The van der Waals surface area contributed by atoms with Gasteiger partial charge in [0.15, 0.2) is 0 Å². The van der Waals surface area contributed by atoms with Crippen LogP contribution in [0, 0.1) is 29.9 Å². The summed E-state index contributed by atoms with van der Waals surface area (Å²) in [5, 5.41) is 13.8. The molecule has 0 spiro atoms. The van der Waals surface area contributed by atoms with E-state index >= 15 is 0 Å². The molecule has 1 fully saturated rings. The monoisotopic (exact) mass is 447 g/mol. The number of aryl methyl sites for hydroxylation is 1. The van der Waals surface area contributed by atoms with E-state index in [1.54, 1.807) is 32.0 Å². The summed E-state index contributed by atoms with van der Waals surface area (Å²) >= 11 is 0. The molecule has 0 bridgehead atoms. The fourth-order valence-corrected chi connectivity index (χ4v) is 5.27. The molecule has 166 valence electrons. The number of nitrogens with zero attached hydrogens (tertiary/aromatic N) is 2. The van der Waals surface area contributed by atoms with Crippen molar-refractivity contribution in [1.29, 1.82) is 0 Å². The number of methoxy groups -OCH3 is 1. The Balaban J connectivity index is 1.66. The number of piperidine rings is 1. The van der Waals surface area contributed by atoms with Crippen molar-refractivity contribution >= 4 is 27.3 Å². The van der Waals surface area contributed by atoms with Crippen molar-refractivity contribution in [2.75, 3.05) is 25.5 Å². The van der Waals surface area contributed by atoms with E-state index in [0.717, 1.165) is 5.56 Å². The average Bonchev–Trinajstić information content (AvgIpc) is 2.75. The van der Waals surface area contributed by atoms with Gasteiger partial charge in [-0.3, -0.25) is 14.9 Å². The third kappa shape index (κ3) is 4.70. The van der Waals surface area contributed by atoms with E-state index in [2.05, 4.69) is 5.32 Å². The summed E-state index contributed by atoms with van der Waals surface area (Å²) in [5.41, 5.74) is 1.44. The van der Waals surface area contributed by atoms with E-state index in [0.29, 0.717) is 29.8 Å². The number of amides is 1. The van der Waals surface area contributed by atoms with E-state index in [1.807, 2.05) is 0 Å². The number of sulfonamides is 1. The highest BCUT2D eigenvalue weighted by molar-refractivity contribution is 7.89. The molecule has 31 heavy (non-hydrogen) atoms. The second-order valence-electron chi connectivity index (χ2n) is 7.51. The van der Waals surface area contributed by atoms with E-state index in [9.17, 15) is 23.3 Å². The second-order valence-corrected chi connectivity index (χ2v) is 9.44. The molecule has 3 rings (SSSR count). The van der Waals surface area contributed by atoms with Crippen LogP contribution in [0.15, 0.2) is 41.3 Å². The molecule has 1 aliphatic heterocycles. The molecule has 1 heterocycles. The molecule has 1 saturated heterocycles. The first kappa shape index (κ1) is 22.7. The molecule has 1 N–H and O–H groups in total. The number of nitro benzene ring substituents is 1. The van der Waals surface area contributed by atoms with Crippen LogP contribution in [0.1, 0.15) is 24.0 Å². The van der Waals surface area contributed by atoms with Crippen molar-refractivity contribution in [2.24, 2.45) is 5.92 Å². The maximum atomic E-state index is 13.0. The SMILES string of the molecule is COc1ccc(S(=O)(=O)N2CCC(C(=O)Nc3cccc([N+](=O)[O-])c3C)CC2)cc1C. The Labute approximate surface area is 181 Å². The van der Waals surface area contributed by atoms with Crippen molar-refractivity contribution in [3.8, 4) is 5.75 Å². The Hall–Kier alpha value is -2.98. The van der Waals surface area contributed by atoms with Crippen LogP contribution >= 0.6 is 0 Å². The van der Waals surface area contributed by atoms with Crippen LogP contribution in [0.3, 0.4) is 0 Å². The molecule has 0 atom stereocenters. The van der Waals surface area contributed by atoms with Crippen LogP contribution in [0.5, 0.6) is 5.75 Å². The van der Waals surface area contributed by atoms with E-state index in [-0.39, 0.29) is 35.5 Å². The van der Waals surface area contributed by atoms with Gasteiger partial charge >= 0.3 is 0 Å². The maximum Gasteiger partial charge on any atom is 0.274 e. The van der Waals surface area contributed by atoms with Gasteiger partial charge in [-0.25, -0.2) is 8.42 Å². The van der Waals surface area contributed by atoms with Gasteiger partial charge in [-0.1, -0.05) is 6.07 Å². The van der Waals surface area contributed by atoms with Gasteiger partial charge in [0.1, 0.15) is 5.75 Å². The van der Waals surface area contributed by atoms with Crippen molar-refractivity contribution in [1.82, 2.24) is 4.31 Å². The van der Waals surface area contributed by atoms with Gasteiger partial charge in [-0.15, -0.1) is 0 Å². The zero-order valence-electron chi connectivity index (χ0n) is 17.6. The highest BCUT2D eigenvalue weighted by Gasteiger charge is 2.32. The quantitative estimate of drug-likeness (QED) is 0.536. The van der Waals surface area contributed by atoms with Crippen LogP contribution in [-0.2, 0) is 14.8 Å². The molecular formula is C21H25N3O6S. The van der Waals surface area contributed by atoms with Crippen molar-refractivity contribution in [2.45, 2.75) is 31.6 Å². The average molecular weight is 448 g/mol. The summed E-state index contributed by atoms with van der Waals surface area (Å²) in [6.07, 6.45) is 0.738. The fraction of sp³-hybridized carbons (Fsp3) is 0.381. The molecule has 0 aromatic heterocycles. The first-order valence-electron chi connectivity index (χ1n) is 9.84. The summed E-state index contributed by atoms with van der Waals surface area (Å²) in [6.45, 7) is 3.81. The number of ether oxygens (including phenoxy) is 1. The molecule has 1 aliphatic rings. The molecule has 9 nitrogen and oxygen atoms in total. The number of benzene rings is 2. The first-order valence-corrected chi connectivity index (χ1v) is 11.3. The molecular weight excluding hydrogens is 422 g/mol. The van der Waals surface area contributed by atoms with Crippen molar-refractivity contribution in [3.05, 3.63) is 57.6 Å². The normalized spacial score (nSPS) is 15.5. The summed E-state index contributed by atoms with van der Waals surface area (Å²) < 4.78 is 32.5. The lowest BCUT2D eigenvalue weighted by Crippen LogP contribution is -2.41. The molecule has 2 aromatic rings. The highest BCUT2D eigenvalue weighted by Crippen LogP contribution is 2.29. The third-order valence-electron chi connectivity index (χ3n) is 5.59. The smallest absolute Gasteiger partial charge is 0.274 e. The van der Waals surface area contributed by atoms with Gasteiger partial charge in [-0.05, 0) is 56.5 Å². The largest absolute Gasteiger partial charge is 0.496 e. The van der Waals surface area contributed by atoms with Gasteiger partial charge in [0.25, 0.3) is 5.69 Å². The Morgan fingerprint density at radius 3 is 2.45 bits per heavy atom. The number of rotatable bonds is 6. The minimum absolute atomic E-state index is 0.0616. The summed E-state index contributed by atoms with van der Waals surface area (Å²) in [4.78, 5) is 23.5. The van der Waals surface area contributed by atoms with Gasteiger partial charge in [0.2, 0.25) is 15.9 Å². The molecule has 2 aromatic carbocycles. The van der Waals surface area contributed by atoms with E-state index in [4.69, 9.17) is 4.74 Å². The van der Waals surface area contributed by atoms with Crippen LogP contribution in [-0.4, -0.2) is 43.8 Å². The zero-order valence-corrected chi connectivity index (χ0v) is 18.4. The molecule has 0 unspecified atom stereocenters. The third-order valence-corrected chi connectivity index (χ3v) is 7.48. The fourth-order valence-electron chi connectivity index (χ4n) is 3.71. The Morgan fingerprint density at radius 1 is 1.19 bits per heavy atom. The minimum Gasteiger partial charge on any atom is -0.496 e. The molecule has 0 saturated carbocycles. The summed E-state index contributed by atoms with van der Waals surface area (Å²) in [5.74, 6) is -0.0191. The molecule has 1 amide bonds. The standard InChI is InChI=1S/C21H25N3O6S/c1-14-13-17(7-8-20(14)30-3)31(28,29)23-11-9-16(10-12-23)21(25)22-18-5-4-6-19(15(18)2)24(26)27/h4-8,13,16H,9-12H2,1-3H3,(H,22,25). The van der Waals surface area contributed by atoms with Gasteiger partial charge in [0.05, 0.1) is 28.2 Å². The summed E-state index contributed by atoms with van der Waals surface area (Å²) in [6, 6.07) is 9.25. The lowest BCUT2D eigenvalue weighted by Gasteiger charge is -2.30. The van der Waals surface area contributed by atoms with Gasteiger partial charge in [-0.2, -0.15) is 4.31 Å². The number of nitro groups is 1. The van der Waals surface area contributed by atoms with Crippen molar-refractivity contribution < 1.29 is 22.9 Å². The Kier molecular flexibility index (Phi) is 6.61. The topological polar surface area (TPSA) is 119 Å². The lowest BCUT2D eigenvalue weighted by atomic mass is 9.97. The lowest BCUT2D eigenvalue weighted by molar-refractivity contribution is -0.385. The first-order chi connectivity index (χ1) is 14.6. The summed E-state index contributed by atoms with van der Waals surface area (Å²) in [7, 11) is -2.14. The number of carbonyl (C=O) groups excluding carboxylic acids is 1. The van der Waals surface area contributed by atoms with Crippen LogP contribution < -0.4 is 10.1 Å². The van der Waals surface area contributed by atoms with Crippen molar-refractivity contribution in [3.63, 3.8) is 0 Å².